The molecule has 0 aromatic carbocycles. The lowest BCUT2D eigenvalue weighted by Crippen LogP contribution is -2.40. The molecule has 0 radical (unpaired) electrons. The van der Waals surface area contributed by atoms with Crippen molar-refractivity contribution in [1.29, 1.82) is 0 Å². The first-order valence-electron chi connectivity index (χ1n) is 5.60. The van der Waals surface area contributed by atoms with E-state index in [1.165, 1.54) is 19.3 Å². The van der Waals surface area contributed by atoms with Crippen LogP contribution in [0.5, 0.6) is 0 Å². The van der Waals surface area contributed by atoms with E-state index in [0.717, 1.165) is 11.0 Å². The molecule has 1 amide bonds. The molecule has 0 aliphatic heterocycles. The Bertz CT molecular complexity index is 407. The van der Waals surface area contributed by atoms with E-state index in [1.807, 2.05) is 23.9 Å². The molecule has 2 rings (SSSR count). The van der Waals surface area contributed by atoms with Gasteiger partial charge in [0.2, 0.25) is 0 Å². The third-order valence-corrected chi connectivity index (χ3v) is 3.87. The molecular formula is C12H17BrN2O. The molecule has 16 heavy (non-hydrogen) atoms. The second kappa shape index (κ2) is 4.24. The highest BCUT2D eigenvalue weighted by Crippen LogP contribution is 2.39. The first kappa shape index (κ1) is 11.7. The van der Waals surface area contributed by atoms with Gasteiger partial charge >= 0.3 is 0 Å². The van der Waals surface area contributed by atoms with Gasteiger partial charge in [-0.05, 0) is 40.3 Å². The van der Waals surface area contributed by atoms with Crippen molar-refractivity contribution in [3.63, 3.8) is 0 Å². The number of rotatable bonds is 3. The highest BCUT2D eigenvalue weighted by molar-refractivity contribution is 9.10. The van der Waals surface area contributed by atoms with E-state index in [2.05, 4.69) is 28.2 Å². The number of hydrogen-bond donors (Lipinski definition) is 1. The maximum atomic E-state index is 11.9. The predicted octanol–water partition coefficient (Wildman–Crippen LogP) is 2.71. The lowest BCUT2D eigenvalue weighted by molar-refractivity contribution is 0.0883. The van der Waals surface area contributed by atoms with Crippen LogP contribution in [0.3, 0.4) is 0 Å². The molecule has 1 N–H and O–H groups in total. The summed E-state index contributed by atoms with van der Waals surface area (Å²) in [5.74, 6) is 0.0151. The Hall–Kier alpha value is -0.770. The zero-order valence-electron chi connectivity index (χ0n) is 9.72. The number of nitrogens with zero attached hydrogens (tertiary/aromatic N) is 1. The van der Waals surface area contributed by atoms with Gasteiger partial charge in [0.1, 0.15) is 5.69 Å². The number of nitrogens with one attached hydrogen (secondary N) is 1. The van der Waals surface area contributed by atoms with Crippen LogP contribution in [-0.2, 0) is 7.05 Å². The largest absolute Gasteiger partial charge is 0.350 e. The minimum absolute atomic E-state index is 0.0151. The summed E-state index contributed by atoms with van der Waals surface area (Å²) < 4.78 is 2.78. The third-order valence-electron chi connectivity index (χ3n) is 3.44. The second-order valence-corrected chi connectivity index (χ2v) is 5.92. The normalized spacial score (nSPS) is 17.9. The Balaban J connectivity index is 1.95. The van der Waals surface area contributed by atoms with Crippen molar-refractivity contribution in [1.82, 2.24) is 9.88 Å². The maximum absolute atomic E-state index is 11.9. The standard InChI is InChI=1S/C12H17BrN2O/c1-12(4-3-5-12)8-14-11(16)10-6-9(13)7-15(10)2/h6-7H,3-5,8H2,1-2H3,(H,14,16). The Morgan fingerprint density at radius 1 is 1.62 bits per heavy atom. The molecule has 1 fully saturated rings. The number of aromatic nitrogens is 1. The number of carbonyl (C=O) groups excluding carboxylic acids is 1. The average molecular weight is 285 g/mol. The fourth-order valence-electron chi connectivity index (χ4n) is 2.09. The van der Waals surface area contributed by atoms with Gasteiger partial charge in [-0.15, -0.1) is 0 Å². The first-order valence-corrected chi connectivity index (χ1v) is 6.40. The van der Waals surface area contributed by atoms with Crippen molar-refractivity contribution in [2.45, 2.75) is 26.2 Å². The lowest BCUT2D eigenvalue weighted by Gasteiger charge is -2.38. The molecule has 0 spiro atoms. The third kappa shape index (κ3) is 2.32. The van der Waals surface area contributed by atoms with Gasteiger partial charge in [0, 0.05) is 24.3 Å². The van der Waals surface area contributed by atoms with E-state index < -0.39 is 0 Å². The molecule has 88 valence electrons. The van der Waals surface area contributed by atoms with Gasteiger partial charge in [-0.1, -0.05) is 13.3 Å². The Morgan fingerprint density at radius 2 is 2.31 bits per heavy atom. The van der Waals surface area contributed by atoms with Gasteiger partial charge in [0.05, 0.1) is 0 Å². The quantitative estimate of drug-likeness (QED) is 0.910. The van der Waals surface area contributed by atoms with Crippen molar-refractivity contribution in [2.75, 3.05) is 6.54 Å². The molecule has 1 aromatic heterocycles. The minimum atomic E-state index is 0.0151. The number of hydrogen-bond acceptors (Lipinski definition) is 1. The van der Waals surface area contributed by atoms with Crippen LogP contribution in [0.2, 0.25) is 0 Å². The van der Waals surface area contributed by atoms with Crippen molar-refractivity contribution in [3.05, 3.63) is 22.4 Å². The highest BCUT2D eigenvalue weighted by Gasteiger charge is 2.32. The van der Waals surface area contributed by atoms with Crippen LogP contribution in [-0.4, -0.2) is 17.0 Å². The molecule has 1 saturated carbocycles. The molecule has 4 heteroatoms. The molecule has 1 heterocycles. The molecule has 1 aliphatic rings. The van der Waals surface area contributed by atoms with Crippen LogP contribution in [0, 0.1) is 5.41 Å². The van der Waals surface area contributed by atoms with Crippen LogP contribution >= 0.6 is 15.9 Å². The van der Waals surface area contributed by atoms with Crippen molar-refractivity contribution in [3.8, 4) is 0 Å². The van der Waals surface area contributed by atoms with E-state index in [4.69, 9.17) is 0 Å². The van der Waals surface area contributed by atoms with Crippen LogP contribution in [0.15, 0.2) is 16.7 Å². The lowest BCUT2D eigenvalue weighted by atomic mass is 9.70. The van der Waals surface area contributed by atoms with E-state index in [1.54, 1.807) is 0 Å². The summed E-state index contributed by atoms with van der Waals surface area (Å²) in [6, 6.07) is 1.85. The molecule has 1 aliphatic carbocycles. The van der Waals surface area contributed by atoms with Crippen LogP contribution in [0.4, 0.5) is 0 Å². The molecule has 0 unspecified atom stereocenters. The average Bonchev–Trinajstić information content (AvgIpc) is 2.51. The van der Waals surface area contributed by atoms with Gasteiger partial charge in [-0.25, -0.2) is 0 Å². The van der Waals surface area contributed by atoms with Crippen molar-refractivity contribution < 1.29 is 4.79 Å². The van der Waals surface area contributed by atoms with Gasteiger partial charge < -0.3 is 9.88 Å². The number of carbonyl (C=O) groups is 1. The minimum Gasteiger partial charge on any atom is -0.350 e. The molecule has 0 bridgehead atoms. The zero-order valence-corrected chi connectivity index (χ0v) is 11.3. The Kier molecular flexibility index (Phi) is 3.10. The monoisotopic (exact) mass is 284 g/mol. The van der Waals surface area contributed by atoms with Gasteiger partial charge in [0.15, 0.2) is 0 Å². The fourth-order valence-corrected chi connectivity index (χ4v) is 2.62. The number of halogens is 1. The van der Waals surface area contributed by atoms with Crippen LogP contribution < -0.4 is 5.32 Å². The summed E-state index contributed by atoms with van der Waals surface area (Å²) in [5, 5.41) is 3.01. The van der Waals surface area contributed by atoms with Crippen molar-refractivity contribution in [2.24, 2.45) is 12.5 Å². The number of aryl methyl sites for hydroxylation is 1. The van der Waals surface area contributed by atoms with E-state index in [0.29, 0.717) is 11.1 Å². The summed E-state index contributed by atoms with van der Waals surface area (Å²) in [7, 11) is 1.88. The Morgan fingerprint density at radius 3 is 2.75 bits per heavy atom. The summed E-state index contributed by atoms with van der Waals surface area (Å²) >= 11 is 3.37. The topological polar surface area (TPSA) is 34.0 Å². The zero-order chi connectivity index (χ0) is 11.8. The Labute approximate surface area is 104 Å². The van der Waals surface area contributed by atoms with Gasteiger partial charge in [-0.2, -0.15) is 0 Å². The molecular weight excluding hydrogens is 268 g/mol. The van der Waals surface area contributed by atoms with Crippen molar-refractivity contribution >= 4 is 21.8 Å². The smallest absolute Gasteiger partial charge is 0.267 e. The first-order chi connectivity index (χ1) is 7.50. The van der Waals surface area contributed by atoms with Crippen LogP contribution in [0.1, 0.15) is 36.7 Å². The summed E-state index contributed by atoms with van der Waals surface area (Å²) in [6.45, 7) is 3.02. The highest BCUT2D eigenvalue weighted by atomic mass is 79.9. The predicted molar refractivity (Wildman–Crippen MR) is 67.4 cm³/mol. The summed E-state index contributed by atoms with van der Waals surface area (Å²) in [5.41, 5.74) is 1.03. The molecule has 0 atom stereocenters. The summed E-state index contributed by atoms with van der Waals surface area (Å²) in [4.78, 5) is 11.9. The SMILES string of the molecule is Cn1cc(Br)cc1C(=O)NCC1(C)CCC1. The number of amides is 1. The molecule has 1 aromatic rings. The van der Waals surface area contributed by atoms with Gasteiger partial charge in [0.25, 0.3) is 5.91 Å². The van der Waals surface area contributed by atoms with E-state index >= 15 is 0 Å². The van der Waals surface area contributed by atoms with Gasteiger partial charge in [-0.3, -0.25) is 4.79 Å². The van der Waals surface area contributed by atoms with Crippen LogP contribution in [0.25, 0.3) is 0 Å². The molecule has 0 saturated heterocycles. The molecule has 3 nitrogen and oxygen atoms in total. The second-order valence-electron chi connectivity index (χ2n) is 5.00. The van der Waals surface area contributed by atoms with E-state index in [-0.39, 0.29) is 5.91 Å². The summed E-state index contributed by atoms with van der Waals surface area (Å²) in [6.07, 6.45) is 5.64. The fraction of sp³-hybridized carbons (Fsp3) is 0.583. The van der Waals surface area contributed by atoms with E-state index in [9.17, 15) is 4.79 Å². The maximum Gasteiger partial charge on any atom is 0.267 e.